The second-order valence-electron chi connectivity index (χ2n) is 4.97. The van der Waals surface area contributed by atoms with Crippen molar-refractivity contribution in [2.75, 3.05) is 0 Å². The Kier molecular flexibility index (Phi) is 4.38. The zero-order valence-corrected chi connectivity index (χ0v) is 13.0. The number of carbonyl (C=O) groups is 1. The van der Waals surface area contributed by atoms with Crippen LogP contribution >= 0.6 is 12.6 Å². The van der Waals surface area contributed by atoms with Gasteiger partial charge in [0.1, 0.15) is 5.56 Å². The maximum atomic E-state index is 13.7. The summed E-state index contributed by atoms with van der Waals surface area (Å²) in [4.78, 5) is 12.2. The zero-order chi connectivity index (χ0) is 18.3. The first-order chi connectivity index (χ1) is 11.8. The average Bonchev–Trinajstić information content (AvgIpc) is 2.61. The lowest BCUT2D eigenvalue weighted by Crippen LogP contribution is -2.17. The van der Waals surface area contributed by atoms with Gasteiger partial charge in [-0.05, 0) is 11.5 Å². The first-order valence-corrected chi connectivity index (χ1v) is 7.22. The molecule has 3 aromatic carbocycles. The second-order valence-corrected chi connectivity index (χ2v) is 5.45. The summed E-state index contributed by atoms with van der Waals surface area (Å²) in [5.74, 6) is -13.2. The van der Waals surface area contributed by atoms with E-state index in [1.165, 1.54) is 6.07 Å². The first-order valence-electron chi connectivity index (χ1n) is 6.77. The smallest absolute Gasteiger partial charge is 0.349 e. The Bertz CT molecular complexity index is 991. The van der Waals surface area contributed by atoms with Gasteiger partial charge in [0.25, 0.3) is 0 Å². The Hall–Kier alpha value is -2.61. The first kappa shape index (κ1) is 17.2. The molecule has 128 valence electrons. The minimum absolute atomic E-state index is 0.149. The van der Waals surface area contributed by atoms with Crippen LogP contribution in [0.2, 0.25) is 0 Å². The van der Waals surface area contributed by atoms with E-state index in [-0.39, 0.29) is 10.6 Å². The van der Waals surface area contributed by atoms with Crippen molar-refractivity contribution in [3.8, 4) is 5.75 Å². The van der Waals surface area contributed by atoms with Gasteiger partial charge in [-0.3, -0.25) is 0 Å². The van der Waals surface area contributed by atoms with Crippen LogP contribution in [0.4, 0.5) is 22.0 Å². The molecule has 0 amide bonds. The van der Waals surface area contributed by atoms with Crippen LogP contribution in [0.25, 0.3) is 10.8 Å². The highest BCUT2D eigenvalue weighted by molar-refractivity contribution is 7.80. The minimum Gasteiger partial charge on any atom is -0.421 e. The van der Waals surface area contributed by atoms with Gasteiger partial charge in [-0.1, -0.05) is 30.3 Å². The maximum Gasteiger partial charge on any atom is 0.349 e. The fourth-order valence-corrected chi connectivity index (χ4v) is 2.51. The number of benzene rings is 3. The fraction of sp³-hybridized carbons (Fsp3) is 0. The van der Waals surface area contributed by atoms with E-state index in [0.717, 1.165) is 0 Å². The third kappa shape index (κ3) is 2.82. The molecule has 0 bridgehead atoms. The summed E-state index contributed by atoms with van der Waals surface area (Å²) in [5, 5.41) is 1.01. The van der Waals surface area contributed by atoms with Crippen LogP contribution < -0.4 is 4.74 Å². The predicted molar refractivity (Wildman–Crippen MR) is 82.4 cm³/mol. The van der Waals surface area contributed by atoms with E-state index in [0.29, 0.717) is 10.8 Å². The summed E-state index contributed by atoms with van der Waals surface area (Å²) in [7, 11) is 0. The number of hydrogen-bond acceptors (Lipinski definition) is 3. The molecule has 0 spiro atoms. The molecule has 0 N–H and O–H groups in total. The van der Waals surface area contributed by atoms with Crippen LogP contribution in [-0.4, -0.2) is 5.97 Å². The number of fused-ring (bicyclic) bond motifs is 1. The number of rotatable bonds is 2. The van der Waals surface area contributed by atoms with Gasteiger partial charge in [-0.2, -0.15) is 0 Å². The van der Waals surface area contributed by atoms with Crippen molar-refractivity contribution >= 4 is 29.4 Å². The topological polar surface area (TPSA) is 26.3 Å². The average molecular weight is 370 g/mol. The van der Waals surface area contributed by atoms with Crippen LogP contribution in [0.5, 0.6) is 5.75 Å². The number of halogens is 5. The van der Waals surface area contributed by atoms with Gasteiger partial charge in [0.2, 0.25) is 5.82 Å². The van der Waals surface area contributed by atoms with Crippen molar-refractivity contribution in [3.05, 3.63) is 71.0 Å². The Morgan fingerprint density at radius 2 is 1.36 bits per heavy atom. The second kappa shape index (κ2) is 6.36. The van der Waals surface area contributed by atoms with Crippen LogP contribution in [0.3, 0.4) is 0 Å². The molecule has 0 aromatic heterocycles. The Morgan fingerprint density at radius 1 is 0.800 bits per heavy atom. The molecular weight excluding hydrogens is 363 g/mol. The third-order valence-electron chi connectivity index (χ3n) is 3.47. The van der Waals surface area contributed by atoms with Crippen molar-refractivity contribution in [1.29, 1.82) is 0 Å². The summed E-state index contributed by atoms with van der Waals surface area (Å²) in [6.45, 7) is 0. The molecule has 0 saturated heterocycles. The van der Waals surface area contributed by atoms with E-state index in [9.17, 15) is 26.7 Å². The quantitative estimate of drug-likeness (QED) is 0.171. The normalized spacial score (nSPS) is 11.0. The Labute approximate surface area is 143 Å². The van der Waals surface area contributed by atoms with Gasteiger partial charge in [-0.25, -0.2) is 26.7 Å². The van der Waals surface area contributed by atoms with Crippen LogP contribution in [0.1, 0.15) is 10.4 Å². The summed E-state index contributed by atoms with van der Waals surface area (Å²) in [5.41, 5.74) is -1.67. The summed E-state index contributed by atoms with van der Waals surface area (Å²) in [6.07, 6.45) is 0. The number of thiol groups is 1. The molecule has 8 heteroatoms. The van der Waals surface area contributed by atoms with E-state index >= 15 is 0 Å². The highest BCUT2D eigenvalue weighted by Gasteiger charge is 2.31. The van der Waals surface area contributed by atoms with E-state index in [1.54, 1.807) is 30.3 Å². The van der Waals surface area contributed by atoms with Crippen molar-refractivity contribution in [2.45, 2.75) is 4.90 Å². The monoisotopic (exact) mass is 370 g/mol. The molecule has 0 aliphatic carbocycles. The lowest BCUT2D eigenvalue weighted by atomic mass is 10.1. The summed E-state index contributed by atoms with van der Waals surface area (Å²) < 4.78 is 71.9. The van der Waals surface area contributed by atoms with Gasteiger partial charge < -0.3 is 4.74 Å². The molecular formula is C17H7F5O2S. The molecule has 0 aliphatic rings. The fourth-order valence-electron chi connectivity index (χ4n) is 2.27. The molecule has 25 heavy (non-hydrogen) atoms. The lowest BCUT2D eigenvalue weighted by molar-refractivity contribution is 0.0719. The van der Waals surface area contributed by atoms with E-state index in [1.807, 2.05) is 0 Å². The van der Waals surface area contributed by atoms with Gasteiger partial charge >= 0.3 is 5.97 Å². The zero-order valence-electron chi connectivity index (χ0n) is 12.1. The van der Waals surface area contributed by atoms with E-state index in [2.05, 4.69) is 12.6 Å². The van der Waals surface area contributed by atoms with Crippen molar-refractivity contribution in [1.82, 2.24) is 0 Å². The highest BCUT2D eigenvalue weighted by Crippen LogP contribution is 2.33. The number of carbonyl (C=O) groups excluding carboxylic acids is 1. The van der Waals surface area contributed by atoms with Crippen LogP contribution in [-0.2, 0) is 0 Å². The molecule has 3 aromatic rings. The van der Waals surface area contributed by atoms with Crippen molar-refractivity contribution in [3.63, 3.8) is 0 Å². The molecule has 0 aliphatic heterocycles. The molecule has 0 heterocycles. The standard InChI is InChI=1S/C17H7F5O2S/c18-11-10(12(19)14(21)15(22)13(11)20)17(23)24-16-8-4-2-1-3-7(8)5-6-9(16)25/h1-6,25H. The predicted octanol–water partition coefficient (Wildman–Crippen LogP) is 5.04. The summed E-state index contributed by atoms with van der Waals surface area (Å²) in [6, 6.07) is 9.68. The SMILES string of the molecule is O=C(Oc1c(S)ccc2ccccc12)c1c(F)c(F)c(F)c(F)c1F. The molecule has 0 saturated carbocycles. The lowest BCUT2D eigenvalue weighted by Gasteiger charge is -2.12. The molecule has 0 radical (unpaired) electrons. The molecule has 0 atom stereocenters. The number of esters is 1. The van der Waals surface area contributed by atoms with Crippen LogP contribution in [0.15, 0.2) is 41.3 Å². The minimum atomic E-state index is -2.36. The van der Waals surface area contributed by atoms with Crippen molar-refractivity contribution in [2.24, 2.45) is 0 Å². The van der Waals surface area contributed by atoms with E-state index < -0.39 is 40.6 Å². The maximum absolute atomic E-state index is 13.7. The Balaban J connectivity index is 2.13. The molecule has 2 nitrogen and oxygen atoms in total. The molecule has 0 unspecified atom stereocenters. The number of hydrogen-bond donors (Lipinski definition) is 1. The third-order valence-corrected chi connectivity index (χ3v) is 3.82. The van der Waals surface area contributed by atoms with Gasteiger partial charge in [-0.15, -0.1) is 12.6 Å². The van der Waals surface area contributed by atoms with Crippen molar-refractivity contribution < 1.29 is 31.5 Å². The summed E-state index contributed by atoms with van der Waals surface area (Å²) >= 11 is 4.10. The van der Waals surface area contributed by atoms with Gasteiger partial charge in [0.15, 0.2) is 29.0 Å². The Morgan fingerprint density at radius 3 is 2.00 bits per heavy atom. The van der Waals surface area contributed by atoms with Gasteiger partial charge in [0.05, 0.1) is 0 Å². The molecule has 3 rings (SSSR count). The number of ether oxygens (including phenoxy) is 1. The molecule has 0 fully saturated rings. The largest absolute Gasteiger partial charge is 0.421 e. The van der Waals surface area contributed by atoms with Crippen LogP contribution in [0, 0.1) is 29.1 Å². The highest BCUT2D eigenvalue weighted by atomic mass is 32.1. The van der Waals surface area contributed by atoms with E-state index in [4.69, 9.17) is 4.74 Å². The van der Waals surface area contributed by atoms with Gasteiger partial charge in [0, 0.05) is 10.3 Å².